The van der Waals surface area contributed by atoms with Crippen molar-refractivity contribution in [2.75, 3.05) is 6.54 Å². The number of carbonyl (C=O) groups is 1. The predicted molar refractivity (Wildman–Crippen MR) is 69.8 cm³/mol. The molecule has 88 valence electrons. The van der Waals surface area contributed by atoms with Gasteiger partial charge in [-0.2, -0.15) is 0 Å². The molecule has 0 aromatic heterocycles. The molecule has 2 rings (SSSR count). The van der Waals surface area contributed by atoms with Crippen molar-refractivity contribution in [3.63, 3.8) is 0 Å². The van der Waals surface area contributed by atoms with Crippen molar-refractivity contribution in [3.05, 3.63) is 47.7 Å². The SMILES string of the molecule is C=C/C=C\C=C1/CC2=C(C=NCCC2)NC1=O. The molecule has 0 aromatic rings. The normalized spacial score (nSPS) is 22.6. The summed E-state index contributed by atoms with van der Waals surface area (Å²) in [7, 11) is 0. The van der Waals surface area contributed by atoms with E-state index in [-0.39, 0.29) is 5.91 Å². The van der Waals surface area contributed by atoms with Crippen LogP contribution in [0.25, 0.3) is 0 Å². The zero-order valence-electron chi connectivity index (χ0n) is 9.78. The number of nitrogens with one attached hydrogen (secondary N) is 1. The van der Waals surface area contributed by atoms with Gasteiger partial charge in [-0.25, -0.2) is 0 Å². The van der Waals surface area contributed by atoms with Crippen LogP contribution < -0.4 is 5.32 Å². The van der Waals surface area contributed by atoms with Crippen molar-refractivity contribution in [2.24, 2.45) is 4.99 Å². The maximum absolute atomic E-state index is 11.8. The van der Waals surface area contributed by atoms with Crippen LogP contribution in [0.3, 0.4) is 0 Å². The molecule has 0 fully saturated rings. The van der Waals surface area contributed by atoms with Gasteiger partial charge in [-0.1, -0.05) is 30.9 Å². The molecule has 0 spiro atoms. The van der Waals surface area contributed by atoms with Gasteiger partial charge in [0, 0.05) is 24.8 Å². The molecule has 3 nitrogen and oxygen atoms in total. The average molecular weight is 228 g/mol. The number of carbonyl (C=O) groups excluding carboxylic acids is 1. The van der Waals surface area contributed by atoms with Crippen molar-refractivity contribution in [1.82, 2.24) is 5.32 Å². The molecule has 2 aliphatic heterocycles. The third-order valence-electron chi connectivity index (χ3n) is 2.86. The van der Waals surface area contributed by atoms with Gasteiger partial charge in [-0.3, -0.25) is 9.79 Å². The van der Waals surface area contributed by atoms with Crippen LogP contribution in [0.5, 0.6) is 0 Å². The molecule has 1 N–H and O–H groups in total. The summed E-state index contributed by atoms with van der Waals surface area (Å²) in [6.07, 6.45) is 11.8. The lowest BCUT2D eigenvalue weighted by atomic mass is 9.95. The Labute approximate surface area is 101 Å². The smallest absolute Gasteiger partial charge is 0.251 e. The van der Waals surface area contributed by atoms with E-state index < -0.39 is 0 Å². The van der Waals surface area contributed by atoms with E-state index in [0.717, 1.165) is 37.1 Å². The summed E-state index contributed by atoms with van der Waals surface area (Å²) in [6, 6.07) is 0. The fourth-order valence-electron chi connectivity index (χ4n) is 1.97. The second kappa shape index (κ2) is 5.43. The number of amides is 1. The highest BCUT2D eigenvalue weighted by Gasteiger charge is 2.21. The molecule has 0 bridgehead atoms. The van der Waals surface area contributed by atoms with Gasteiger partial charge in [0.05, 0.1) is 5.70 Å². The van der Waals surface area contributed by atoms with Gasteiger partial charge in [0.25, 0.3) is 5.91 Å². The lowest BCUT2D eigenvalue weighted by molar-refractivity contribution is -0.117. The van der Waals surface area contributed by atoms with Crippen molar-refractivity contribution in [2.45, 2.75) is 19.3 Å². The van der Waals surface area contributed by atoms with Gasteiger partial charge in [-0.15, -0.1) is 0 Å². The summed E-state index contributed by atoms with van der Waals surface area (Å²) in [4.78, 5) is 16.1. The molecule has 0 unspecified atom stereocenters. The highest BCUT2D eigenvalue weighted by molar-refractivity contribution is 6.01. The van der Waals surface area contributed by atoms with Crippen LogP contribution in [-0.4, -0.2) is 18.7 Å². The average Bonchev–Trinajstić information content (AvgIpc) is 2.54. The standard InChI is InChI=1S/C14H16N2O/c1-2-3-4-6-12-9-11-7-5-8-15-10-13(11)16-14(12)17/h2-4,6,10H,1,5,7-9H2,(H,16,17)/b4-3-,12-6+. The van der Waals surface area contributed by atoms with E-state index >= 15 is 0 Å². The molecule has 0 saturated carbocycles. The minimum atomic E-state index is -0.0224. The van der Waals surface area contributed by atoms with Crippen LogP contribution in [-0.2, 0) is 4.79 Å². The monoisotopic (exact) mass is 228 g/mol. The van der Waals surface area contributed by atoms with E-state index in [1.807, 2.05) is 18.2 Å². The molecule has 0 atom stereocenters. The highest BCUT2D eigenvalue weighted by Crippen LogP contribution is 2.24. The van der Waals surface area contributed by atoms with Crippen LogP contribution >= 0.6 is 0 Å². The lowest BCUT2D eigenvalue weighted by Crippen LogP contribution is -2.30. The fourth-order valence-corrected chi connectivity index (χ4v) is 1.97. The molecule has 2 aliphatic rings. The molecule has 0 radical (unpaired) electrons. The van der Waals surface area contributed by atoms with Crippen molar-refractivity contribution < 1.29 is 4.79 Å². The summed E-state index contributed by atoms with van der Waals surface area (Å²) in [5, 5.41) is 2.90. The van der Waals surface area contributed by atoms with Crippen molar-refractivity contribution in [3.8, 4) is 0 Å². The van der Waals surface area contributed by atoms with E-state index in [1.54, 1.807) is 12.3 Å². The molecule has 17 heavy (non-hydrogen) atoms. The Morgan fingerprint density at radius 2 is 2.29 bits per heavy atom. The van der Waals surface area contributed by atoms with E-state index in [2.05, 4.69) is 16.9 Å². The molecular formula is C14H16N2O. The molecule has 2 heterocycles. The maximum atomic E-state index is 11.8. The number of rotatable bonds is 2. The number of hydrogen-bond acceptors (Lipinski definition) is 2. The van der Waals surface area contributed by atoms with Gasteiger partial charge in [0.15, 0.2) is 0 Å². The Morgan fingerprint density at radius 3 is 3.12 bits per heavy atom. The molecular weight excluding hydrogens is 212 g/mol. The molecule has 3 heteroatoms. The zero-order valence-corrected chi connectivity index (χ0v) is 9.78. The van der Waals surface area contributed by atoms with Crippen LogP contribution in [0.2, 0.25) is 0 Å². The van der Waals surface area contributed by atoms with E-state index in [0.29, 0.717) is 0 Å². The summed E-state index contributed by atoms with van der Waals surface area (Å²) in [6.45, 7) is 4.44. The Morgan fingerprint density at radius 1 is 1.41 bits per heavy atom. The van der Waals surface area contributed by atoms with E-state index in [4.69, 9.17) is 0 Å². The Hall–Kier alpha value is -1.90. The molecule has 1 amide bonds. The van der Waals surface area contributed by atoms with Gasteiger partial charge >= 0.3 is 0 Å². The molecule has 0 aliphatic carbocycles. The minimum Gasteiger partial charge on any atom is -0.321 e. The first-order valence-electron chi connectivity index (χ1n) is 5.82. The maximum Gasteiger partial charge on any atom is 0.251 e. The lowest BCUT2D eigenvalue weighted by Gasteiger charge is -2.19. The number of nitrogens with zero attached hydrogens (tertiary/aromatic N) is 1. The van der Waals surface area contributed by atoms with E-state index in [1.165, 1.54) is 5.57 Å². The second-order valence-electron chi connectivity index (χ2n) is 4.10. The molecule has 0 saturated heterocycles. The zero-order chi connectivity index (χ0) is 12.1. The Kier molecular flexibility index (Phi) is 3.70. The van der Waals surface area contributed by atoms with Gasteiger partial charge in [-0.05, 0) is 18.4 Å². The topological polar surface area (TPSA) is 41.5 Å². The summed E-state index contributed by atoms with van der Waals surface area (Å²) in [5.74, 6) is -0.0224. The van der Waals surface area contributed by atoms with Crippen LogP contribution in [0.15, 0.2) is 52.7 Å². The van der Waals surface area contributed by atoms with Crippen molar-refractivity contribution >= 4 is 12.1 Å². The van der Waals surface area contributed by atoms with Crippen LogP contribution in [0.1, 0.15) is 19.3 Å². The first kappa shape index (κ1) is 11.6. The fraction of sp³-hybridized carbons (Fsp3) is 0.286. The third-order valence-corrected chi connectivity index (χ3v) is 2.86. The third kappa shape index (κ3) is 2.81. The summed E-state index contributed by atoms with van der Waals surface area (Å²) < 4.78 is 0. The summed E-state index contributed by atoms with van der Waals surface area (Å²) in [5.41, 5.74) is 2.98. The highest BCUT2D eigenvalue weighted by atomic mass is 16.1. The molecule has 0 aromatic carbocycles. The van der Waals surface area contributed by atoms with Crippen LogP contribution in [0, 0.1) is 0 Å². The van der Waals surface area contributed by atoms with Gasteiger partial charge in [0.1, 0.15) is 0 Å². The van der Waals surface area contributed by atoms with Gasteiger partial charge < -0.3 is 5.32 Å². The largest absolute Gasteiger partial charge is 0.321 e. The number of aliphatic imine (C=N–C) groups is 1. The number of allylic oxidation sites excluding steroid dienone is 6. The first-order valence-corrected chi connectivity index (χ1v) is 5.82. The minimum absolute atomic E-state index is 0.0224. The quantitative estimate of drug-likeness (QED) is 0.572. The second-order valence-corrected chi connectivity index (χ2v) is 4.10. The van der Waals surface area contributed by atoms with Crippen molar-refractivity contribution in [1.29, 1.82) is 0 Å². The van der Waals surface area contributed by atoms with E-state index in [9.17, 15) is 4.79 Å². The van der Waals surface area contributed by atoms with Gasteiger partial charge in [0.2, 0.25) is 0 Å². The first-order chi connectivity index (χ1) is 8.31. The van der Waals surface area contributed by atoms with Crippen LogP contribution in [0.4, 0.5) is 0 Å². The Balaban J connectivity index is 2.21. The number of hydrogen-bond donors (Lipinski definition) is 1. The summed E-state index contributed by atoms with van der Waals surface area (Å²) >= 11 is 0. The predicted octanol–water partition coefficient (Wildman–Crippen LogP) is 2.29. The Bertz CT molecular complexity index is 453.